The van der Waals surface area contributed by atoms with Crippen molar-refractivity contribution in [3.63, 3.8) is 0 Å². The van der Waals surface area contributed by atoms with E-state index in [9.17, 15) is 0 Å². The molecule has 0 atom stereocenters. The van der Waals surface area contributed by atoms with E-state index in [1.54, 1.807) is 6.08 Å². The highest BCUT2D eigenvalue weighted by Gasteiger charge is 1.89. The molecule has 0 aromatic heterocycles. The van der Waals surface area contributed by atoms with Gasteiger partial charge in [0.15, 0.2) is 0 Å². The van der Waals surface area contributed by atoms with Gasteiger partial charge in [0, 0.05) is 0 Å². The standard InChI is InChI=1S/C10H10Cl2/c11-10(12)8-4-7-9-5-2-1-3-6-9/h1-6,8,10H,7H2. The molecule has 0 nitrogen and oxygen atoms in total. The second-order valence-electron chi connectivity index (χ2n) is 2.45. The van der Waals surface area contributed by atoms with Crippen molar-refractivity contribution in [2.75, 3.05) is 0 Å². The largest absolute Gasteiger partial charge is 0.125 e. The van der Waals surface area contributed by atoms with Crippen molar-refractivity contribution in [1.82, 2.24) is 0 Å². The topological polar surface area (TPSA) is 0 Å². The summed E-state index contributed by atoms with van der Waals surface area (Å²) in [5.74, 6) is 0. The monoisotopic (exact) mass is 200 g/mol. The van der Waals surface area contributed by atoms with Crippen molar-refractivity contribution in [2.45, 2.75) is 11.3 Å². The van der Waals surface area contributed by atoms with Gasteiger partial charge in [-0.25, -0.2) is 0 Å². The Kier molecular flexibility index (Phi) is 4.20. The summed E-state index contributed by atoms with van der Waals surface area (Å²) in [5.41, 5.74) is 1.27. The molecule has 0 spiro atoms. The summed E-state index contributed by atoms with van der Waals surface area (Å²) in [6.45, 7) is 0. The fourth-order valence-corrected chi connectivity index (χ4v) is 1.13. The normalized spacial score (nSPS) is 11.2. The maximum atomic E-state index is 5.52. The molecular weight excluding hydrogens is 191 g/mol. The molecule has 0 radical (unpaired) electrons. The number of hydrogen-bond donors (Lipinski definition) is 0. The van der Waals surface area contributed by atoms with Crippen molar-refractivity contribution in [3.05, 3.63) is 48.0 Å². The smallest absolute Gasteiger partial charge is 0.101 e. The molecule has 1 rings (SSSR count). The highest BCUT2D eigenvalue weighted by Crippen LogP contribution is 2.05. The van der Waals surface area contributed by atoms with Crippen LogP contribution in [0.3, 0.4) is 0 Å². The van der Waals surface area contributed by atoms with Gasteiger partial charge < -0.3 is 0 Å². The summed E-state index contributed by atoms with van der Waals surface area (Å²) in [5, 5.41) is 0. The number of rotatable bonds is 3. The number of benzene rings is 1. The molecule has 0 amide bonds. The molecule has 1 aromatic carbocycles. The molecule has 0 bridgehead atoms. The molecule has 64 valence electrons. The van der Waals surface area contributed by atoms with E-state index in [1.165, 1.54) is 5.56 Å². The molecule has 0 fully saturated rings. The third-order valence-corrected chi connectivity index (χ3v) is 1.77. The van der Waals surface area contributed by atoms with Gasteiger partial charge in [0.25, 0.3) is 0 Å². The Morgan fingerprint density at radius 1 is 1.17 bits per heavy atom. The summed E-state index contributed by atoms with van der Waals surface area (Å²) in [7, 11) is 0. The molecule has 0 aliphatic heterocycles. The molecule has 0 heterocycles. The van der Waals surface area contributed by atoms with E-state index >= 15 is 0 Å². The Balaban J connectivity index is 2.43. The highest BCUT2D eigenvalue weighted by atomic mass is 35.5. The Morgan fingerprint density at radius 3 is 2.42 bits per heavy atom. The SMILES string of the molecule is ClC(Cl)C=CCc1ccccc1. The molecule has 2 heteroatoms. The van der Waals surface area contributed by atoms with Gasteiger partial charge in [0.2, 0.25) is 0 Å². The summed E-state index contributed by atoms with van der Waals surface area (Å²) < 4.78 is 0. The van der Waals surface area contributed by atoms with E-state index in [2.05, 4.69) is 12.1 Å². The van der Waals surface area contributed by atoms with Crippen LogP contribution in [0, 0.1) is 0 Å². The Morgan fingerprint density at radius 2 is 1.83 bits per heavy atom. The van der Waals surface area contributed by atoms with Gasteiger partial charge in [-0.3, -0.25) is 0 Å². The van der Waals surface area contributed by atoms with E-state index in [4.69, 9.17) is 23.2 Å². The number of hydrogen-bond acceptors (Lipinski definition) is 0. The zero-order chi connectivity index (χ0) is 8.81. The second-order valence-corrected chi connectivity index (χ2v) is 3.62. The third kappa shape index (κ3) is 3.80. The van der Waals surface area contributed by atoms with Crippen LogP contribution in [0.2, 0.25) is 0 Å². The molecule has 0 saturated carbocycles. The van der Waals surface area contributed by atoms with Gasteiger partial charge in [-0.1, -0.05) is 42.5 Å². The lowest BCUT2D eigenvalue weighted by molar-refractivity contribution is 1.26. The summed E-state index contributed by atoms with van der Waals surface area (Å²) in [4.78, 5) is -0.395. The van der Waals surface area contributed by atoms with E-state index in [0.29, 0.717) is 0 Å². The molecular formula is C10H10Cl2. The first-order valence-electron chi connectivity index (χ1n) is 3.78. The fourth-order valence-electron chi connectivity index (χ4n) is 0.921. The van der Waals surface area contributed by atoms with E-state index < -0.39 is 4.84 Å². The summed E-state index contributed by atoms with van der Waals surface area (Å²) in [6, 6.07) is 10.2. The van der Waals surface area contributed by atoms with E-state index in [0.717, 1.165) is 6.42 Å². The minimum atomic E-state index is -0.395. The van der Waals surface area contributed by atoms with Gasteiger partial charge in [-0.2, -0.15) is 0 Å². The molecule has 12 heavy (non-hydrogen) atoms. The predicted molar refractivity (Wildman–Crippen MR) is 54.8 cm³/mol. The van der Waals surface area contributed by atoms with Crippen LogP contribution in [0.5, 0.6) is 0 Å². The zero-order valence-corrected chi connectivity index (χ0v) is 8.09. The lowest BCUT2D eigenvalue weighted by Gasteiger charge is -1.94. The van der Waals surface area contributed by atoms with Gasteiger partial charge >= 0.3 is 0 Å². The maximum Gasteiger partial charge on any atom is 0.125 e. The summed E-state index contributed by atoms with van der Waals surface area (Å²) >= 11 is 11.0. The Labute approximate surface area is 82.8 Å². The van der Waals surface area contributed by atoms with Gasteiger partial charge in [-0.05, 0) is 12.0 Å². The molecule has 0 unspecified atom stereocenters. The van der Waals surface area contributed by atoms with Gasteiger partial charge in [0.05, 0.1) is 0 Å². The van der Waals surface area contributed by atoms with Crippen LogP contribution in [-0.2, 0) is 6.42 Å². The van der Waals surface area contributed by atoms with Crippen LogP contribution in [0.25, 0.3) is 0 Å². The fraction of sp³-hybridized carbons (Fsp3) is 0.200. The first kappa shape index (κ1) is 9.63. The minimum Gasteiger partial charge on any atom is -0.101 e. The van der Waals surface area contributed by atoms with Crippen LogP contribution in [0.15, 0.2) is 42.5 Å². The van der Waals surface area contributed by atoms with Crippen LogP contribution in [0.4, 0.5) is 0 Å². The highest BCUT2D eigenvalue weighted by molar-refractivity contribution is 6.45. The summed E-state index contributed by atoms with van der Waals surface area (Å²) in [6.07, 6.45) is 4.63. The van der Waals surface area contributed by atoms with Crippen molar-refractivity contribution in [1.29, 1.82) is 0 Å². The quantitative estimate of drug-likeness (QED) is 0.517. The second kappa shape index (κ2) is 5.23. The van der Waals surface area contributed by atoms with Crippen molar-refractivity contribution < 1.29 is 0 Å². The number of halogens is 2. The maximum absolute atomic E-state index is 5.52. The lowest BCUT2D eigenvalue weighted by Crippen LogP contribution is -1.81. The van der Waals surface area contributed by atoms with Crippen molar-refractivity contribution >= 4 is 23.2 Å². The van der Waals surface area contributed by atoms with Gasteiger partial charge in [0.1, 0.15) is 4.84 Å². The van der Waals surface area contributed by atoms with Crippen LogP contribution in [-0.4, -0.2) is 4.84 Å². The van der Waals surface area contributed by atoms with Crippen LogP contribution in [0.1, 0.15) is 5.56 Å². The predicted octanol–water partition coefficient (Wildman–Crippen LogP) is 3.59. The lowest BCUT2D eigenvalue weighted by atomic mass is 10.1. The van der Waals surface area contributed by atoms with Gasteiger partial charge in [-0.15, -0.1) is 23.2 Å². The number of allylic oxidation sites excluding steroid dienone is 2. The molecule has 0 saturated heterocycles. The Bertz CT molecular complexity index is 239. The van der Waals surface area contributed by atoms with E-state index in [1.807, 2.05) is 24.3 Å². The third-order valence-electron chi connectivity index (χ3n) is 1.48. The average molecular weight is 201 g/mol. The minimum absolute atomic E-state index is 0.395. The molecule has 0 aliphatic rings. The molecule has 1 aromatic rings. The van der Waals surface area contributed by atoms with Crippen LogP contribution >= 0.6 is 23.2 Å². The van der Waals surface area contributed by atoms with Crippen molar-refractivity contribution in [2.24, 2.45) is 0 Å². The zero-order valence-electron chi connectivity index (χ0n) is 6.58. The first-order chi connectivity index (χ1) is 5.79. The van der Waals surface area contributed by atoms with E-state index in [-0.39, 0.29) is 0 Å². The average Bonchev–Trinajstić information content (AvgIpc) is 2.05. The van der Waals surface area contributed by atoms with Crippen molar-refractivity contribution in [3.8, 4) is 0 Å². The molecule has 0 aliphatic carbocycles. The molecule has 0 N–H and O–H groups in total. The van der Waals surface area contributed by atoms with Crippen LogP contribution < -0.4 is 0 Å². The first-order valence-corrected chi connectivity index (χ1v) is 4.65. The Hall–Kier alpha value is -0.460. The number of alkyl halides is 2.